The molecule has 1 aromatic heterocycles. The molecule has 2 aromatic rings. The molecule has 100 valence electrons. The second-order valence-corrected chi connectivity index (χ2v) is 4.17. The van der Waals surface area contributed by atoms with Gasteiger partial charge in [-0.05, 0) is 18.2 Å². The zero-order chi connectivity index (χ0) is 14.2. The standard InChI is InChI=1S/C12H7ClF3NO2/c13-9-2-1-7(5-8(9)12(14,15)16)17-4-3-10(18)11(19)6-17/h1-6,19H. The summed E-state index contributed by atoms with van der Waals surface area (Å²) in [6.07, 6.45) is -2.29. The molecule has 0 radical (unpaired) electrons. The zero-order valence-corrected chi connectivity index (χ0v) is 10.0. The first-order valence-electron chi connectivity index (χ1n) is 5.07. The summed E-state index contributed by atoms with van der Waals surface area (Å²) < 4.78 is 39.3. The third-order valence-corrected chi connectivity index (χ3v) is 2.78. The Kier molecular flexibility index (Phi) is 3.28. The second-order valence-electron chi connectivity index (χ2n) is 3.76. The lowest BCUT2D eigenvalue weighted by molar-refractivity contribution is -0.137. The van der Waals surface area contributed by atoms with Crippen LogP contribution < -0.4 is 5.43 Å². The number of benzene rings is 1. The van der Waals surface area contributed by atoms with Gasteiger partial charge in [-0.2, -0.15) is 13.2 Å². The van der Waals surface area contributed by atoms with E-state index in [-0.39, 0.29) is 5.69 Å². The summed E-state index contributed by atoms with van der Waals surface area (Å²) in [5.41, 5.74) is -1.46. The maximum absolute atomic E-state index is 12.7. The number of hydrogen-bond donors (Lipinski definition) is 1. The predicted molar refractivity (Wildman–Crippen MR) is 63.7 cm³/mol. The molecule has 0 atom stereocenters. The minimum atomic E-state index is -4.58. The average molecular weight is 290 g/mol. The smallest absolute Gasteiger partial charge is 0.417 e. The molecule has 0 unspecified atom stereocenters. The Bertz CT molecular complexity index is 679. The van der Waals surface area contributed by atoms with E-state index in [1.807, 2.05) is 0 Å². The van der Waals surface area contributed by atoms with Crippen LogP contribution in [-0.4, -0.2) is 9.67 Å². The Hall–Kier alpha value is -1.95. The van der Waals surface area contributed by atoms with Crippen LogP contribution in [0.1, 0.15) is 5.56 Å². The minimum absolute atomic E-state index is 0.132. The van der Waals surface area contributed by atoms with E-state index in [0.717, 1.165) is 24.4 Å². The third kappa shape index (κ3) is 2.73. The fourth-order valence-electron chi connectivity index (χ4n) is 1.52. The number of halogens is 4. The maximum Gasteiger partial charge on any atom is 0.417 e. The van der Waals surface area contributed by atoms with Crippen LogP contribution in [0, 0.1) is 0 Å². The average Bonchev–Trinajstić information content (AvgIpc) is 2.32. The summed E-state index contributed by atoms with van der Waals surface area (Å²) >= 11 is 5.50. The highest BCUT2D eigenvalue weighted by Crippen LogP contribution is 2.35. The van der Waals surface area contributed by atoms with Crippen LogP contribution in [0.5, 0.6) is 5.75 Å². The van der Waals surface area contributed by atoms with Crippen LogP contribution in [0.3, 0.4) is 0 Å². The number of hydrogen-bond acceptors (Lipinski definition) is 2. The molecule has 0 fully saturated rings. The quantitative estimate of drug-likeness (QED) is 0.876. The zero-order valence-electron chi connectivity index (χ0n) is 9.28. The SMILES string of the molecule is O=c1ccn(-c2ccc(Cl)c(C(F)(F)F)c2)cc1O. The van der Waals surface area contributed by atoms with Crippen molar-refractivity contribution in [1.29, 1.82) is 0 Å². The van der Waals surface area contributed by atoms with E-state index in [2.05, 4.69) is 0 Å². The largest absolute Gasteiger partial charge is 0.503 e. The number of nitrogens with zero attached hydrogens (tertiary/aromatic N) is 1. The maximum atomic E-state index is 12.7. The third-order valence-electron chi connectivity index (χ3n) is 2.45. The van der Waals surface area contributed by atoms with Gasteiger partial charge in [-0.25, -0.2) is 0 Å². The van der Waals surface area contributed by atoms with Gasteiger partial charge in [-0.1, -0.05) is 11.6 Å². The molecular weight excluding hydrogens is 283 g/mol. The van der Waals surface area contributed by atoms with Crippen molar-refractivity contribution in [1.82, 2.24) is 4.57 Å². The fraction of sp³-hybridized carbons (Fsp3) is 0.0833. The van der Waals surface area contributed by atoms with Crippen LogP contribution in [-0.2, 0) is 6.18 Å². The molecule has 1 heterocycles. The lowest BCUT2D eigenvalue weighted by Gasteiger charge is -2.12. The van der Waals surface area contributed by atoms with Gasteiger partial charge in [0, 0.05) is 18.0 Å². The number of alkyl halides is 3. The van der Waals surface area contributed by atoms with E-state index in [9.17, 15) is 23.1 Å². The van der Waals surface area contributed by atoms with Gasteiger partial charge in [-0.15, -0.1) is 0 Å². The van der Waals surface area contributed by atoms with Crippen molar-refractivity contribution in [2.24, 2.45) is 0 Å². The summed E-state index contributed by atoms with van der Waals surface area (Å²) in [4.78, 5) is 11.0. The molecule has 19 heavy (non-hydrogen) atoms. The summed E-state index contributed by atoms with van der Waals surface area (Å²) in [6.45, 7) is 0. The number of pyridine rings is 1. The van der Waals surface area contributed by atoms with E-state index in [1.165, 1.54) is 16.8 Å². The Balaban J connectivity index is 2.57. The van der Waals surface area contributed by atoms with Crippen LogP contribution in [0.15, 0.2) is 41.5 Å². The monoisotopic (exact) mass is 289 g/mol. The molecule has 1 N–H and O–H groups in total. The summed E-state index contributed by atoms with van der Waals surface area (Å²) in [6, 6.07) is 4.35. The van der Waals surface area contributed by atoms with Crippen molar-refractivity contribution in [3.05, 3.63) is 57.5 Å². The van der Waals surface area contributed by atoms with Crippen LogP contribution >= 0.6 is 11.6 Å². The summed E-state index contributed by atoms with van der Waals surface area (Å²) in [5.74, 6) is -0.550. The van der Waals surface area contributed by atoms with Gasteiger partial charge in [0.2, 0.25) is 5.43 Å². The van der Waals surface area contributed by atoms with Gasteiger partial charge in [0.25, 0.3) is 0 Å². The molecule has 0 aliphatic heterocycles. The molecule has 2 rings (SSSR count). The van der Waals surface area contributed by atoms with Crippen LogP contribution in [0.2, 0.25) is 5.02 Å². The van der Waals surface area contributed by atoms with Crippen molar-refractivity contribution in [2.75, 3.05) is 0 Å². The first-order valence-corrected chi connectivity index (χ1v) is 5.45. The van der Waals surface area contributed by atoms with Gasteiger partial charge in [0.05, 0.1) is 16.8 Å². The molecule has 0 aliphatic rings. The van der Waals surface area contributed by atoms with E-state index in [1.54, 1.807) is 0 Å². The van der Waals surface area contributed by atoms with Gasteiger partial charge in [0.1, 0.15) is 0 Å². The number of aromatic nitrogens is 1. The first kappa shape index (κ1) is 13.5. The molecule has 0 bridgehead atoms. The van der Waals surface area contributed by atoms with E-state index in [4.69, 9.17) is 11.6 Å². The van der Waals surface area contributed by atoms with Gasteiger partial charge >= 0.3 is 6.18 Å². The highest BCUT2D eigenvalue weighted by Gasteiger charge is 2.33. The van der Waals surface area contributed by atoms with E-state index in [0.29, 0.717) is 0 Å². The second kappa shape index (κ2) is 4.62. The minimum Gasteiger partial charge on any atom is -0.503 e. The fourth-order valence-corrected chi connectivity index (χ4v) is 1.75. The van der Waals surface area contributed by atoms with Crippen molar-refractivity contribution >= 4 is 11.6 Å². The molecule has 0 saturated carbocycles. The van der Waals surface area contributed by atoms with Crippen LogP contribution in [0.4, 0.5) is 13.2 Å². The Morgan fingerprint density at radius 3 is 2.47 bits per heavy atom. The normalized spacial score (nSPS) is 11.6. The summed E-state index contributed by atoms with van der Waals surface area (Å²) in [5, 5.41) is 8.85. The highest BCUT2D eigenvalue weighted by molar-refractivity contribution is 6.31. The lowest BCUT2D eigenvalue weighted by atomic mass is 10.2. The van der Waals surface area contributed by atoms with Gasteiger partial charge in [0.15, 0.2) is 5.75 Å². The number of aromatic hydroxyl groups is 1. The van der Waals surface area contributed by atoms with Crippen molar-refractivity contribution in [3.63, 3.8) is 0 Å². The van der Waals surface area contributed by atoms with Crippen molar-refractivity contribution in [2.45, 2.75) is 6.18 Å². The van der Waals surface area contributed by atoms with Gasteiger partial charge in [-0.3, -0.25) is 4.79 Å². The van der Waals surface area contributed by atoms with E-state index < -0.39 is 27.9 Å². The topological polar surface area (TPSA) is 42.2 Å². The highest BCUT2D eigenvalue weighted by atomic mass is 35.5. The number of rotatable bonds is 1. The first-order chi connectivity index (χ1) is 8.79. The van der Waals surface area contributed by atoms with Crippen LogP contribution in [0.25, 0.3) is 5.69 Å². The van der Waals surface area contributed by atoms with Crippen molar-refractivity contribution in [3.8, 4) is 11.4 Å². The molecule has 0 aliphatic carbocycles. The molecule has 7 heteroatoms. The molecule has 0 spiro atoms. The lowest BCUT2D eigenvalue weighted by Crippen LogP contribution is -2.08. The molecule has 0 amide bonds. The van der Waals surface area contributed by atoms with Crippen molar-refractivity contribution < 1.29 is 18.3 Å². The van der Waals surface area contributed by atoms with Gasteiger partial charge < -0.3 is 9.67 Å². The Labute approximate surface area is 110 Å². The molecule has 0 saturated heterocycles. The molecule has 3 nitrogen and oxygen atoms in total. The molecular formula is C12H7ClF3NO2. The Morgan fingerprint density at radius 1 is 1.21 bits per heavy atom. The summed E-state index contributed by atoms with van der Waals surface area (Å²) in [7, 11) is 0. The molecule has 1 aromatic carbocycles. The Morgan fingerprint density at radius 2 is 1.89 bits per heavy atom. The predicted octanol–water partition coefficient (Wildman–Crippen LogP) is 3.22. The van der Waals surface area contributed by atoms with E-state index >= 15 is 0 Å².